The minimum atomic E-state index is -0.733. The zero-order valence-corrected chi connectivity index (χ0v) is 13.9. The van der Waals surface area contributed by atoms with Crippen molar-refractivity contribution in [1.82, 2.24) is 9.78 Å². The number of methoxy groups -OCH3 is 2. The predicted octanol–water partition coefficient (Wildman–Crippen LogP) is 2.66. The lowest BCUT2D eigenvalue weighted by Crippen LogP contribution is -2.06. The zero-order valence-electron chi connectivity index (χ0n) is 13.9. The molecule has 1 aromatic heterocycles. The Morgan fingerprint density at radius 3 is 2.62 bits per heavy atom. The number of ether oxygens (including phenoxy) is 2. The summed E-state index contributed by atoms with van der Waals surface area (Å²) in [6.07, 6.45) is 0.695. The number of nitro groups is 1. The summed E-state index contributed by atoms with van der Waals surface area (Å²) in [7, 11) is 4.59. The van der Waals surface area contributed by atoms with Crippen LogP contribution in [0.3, 0.4) is 0 Å². The predicted molar refractivity (Wildman–Crippen MR) is 86.1 cm³/mol. The summed E-state index contributed by atoms with van der Waals surface area (Å²) in [6.45, 7) is 2.22. The lowest BCUT2D eigenvalue weighted by atomic mass is 10.2. The van der Waals surface area contributed by atoms with Gasteiger partial charge in [-0.3, -0.25) is 10.1 Å². The topological polar surface area (TPSA) is 91.5 Å². The van der Waals surface area contributed by atoms with Crippen molar-refractivity contribution in [2.24, 2.45) is 7.05 Å². The fourth-order valence-electron chi connectivity index (χ4n) is 2.49. The minimum absolute atomic E-state index is 0.0160. The molecule has 0 saturated heterocycles. The average molecular weight is 338 g/mol. The highest BCUT2D eigenvalue weighted by atomic mass is 19.1. The molecule has 0 atom stereocenters. The van der Waals surface area contributed by atoms with Gasteiger partial charge in [0.25, 0.3) is 0 Å². The number of halogens is 1. The molecule has 0 bridgehead atoms. The quantitative estimate of drug-likeness (QED) is 0.616. The molecule has 8 nitrogen and oxygen atoms in total. The van der Waals surface area contributed by atoms with E-state index in [1.807, 2.05) is 6.92 Å². The maximum atomic E-state index is 14.1. The molecule has 9 heteroatoms. The SMILES string of the molecule is CCc1nn(C)c(OC)c1CNc1cc(OC)c([N+](=O)[O-])cc1F. The Morgan fingerprint density at radius 1 is 1.38 bits per heavy atom. The van der Waals surface area contributed by atoms with Crippen LogP contribution in [0, 0.1) is 15.9 Å². The van der Waals surface area contributed by atoms with E-state index in [1.165, 1.54) is 20.3 Å². The number of hydrogen-bond acceptors (Lipinski definition) is 6. The van der Waals surface area contributed by atoms with Crippen molar-refractivity contribution in [3.63, 3.8) is 0 Å². The first-order valence-corrected chi connectivity index (χ1v) is 7.27. The maximum absolute atomic E-state index is 14.1. The first-order valence-electron chi connectivity index (χ1n) is 7.27. The summed E-state index contributed by atoms with van der Waals surface area (Å²) in [5, 5.41) is 18.2. The number of anilines is 1. The minimum Gasteiger partial charge on any atom is -0.490 e. The van der Waals surface area contributed by atoms with Gasteiger partial charge in [-0.1, -0.05) is 6.92 Å². The van der Waals surface area contributed by atoms with E-state index in [0.29, 0.717) is 12.3 Å². The van der Waals surface area contributed by atoms with Crippen LogP contribution < -0.4 is 14.8 Å². The number of nitro benzene ring substituents is 1. The molecule has 0 unspecified atom stereocenters. The largest absolute Gasteiger partial charge is 0.490 e. The van der Waals surface area contributed by atoms with E-state index >= 15 is 0 Å². The first-order chi connectivity index (χ1) is 11.4. The highest BCUT2D eigenvalue weighted by Crippen LogP contribution is 2.33. The number of nitrogens with zero attached hydrogens (tertiary/aromatic N) is 3. The fraction of sp³-hybridized carbons (Fsp3) is 0.400. The lowest BCUT2D eigenvalue weighted by Gasteiger charge is -2.11. The average Bonchev–Trinajstić information content (AvgIpc) is 2.87. The molecule has 1 aromatic carbocycles. The van der Waals surface area contributed by atoms with Gasteiger partial charge in [0.05, 0.1) is 42.2 Å². The molecule has 130 valence electrons. The first kappa shape index (κ1) is 17.5. The lowest BCUT2D eigenvalue weighted by molar-refractivity contribution is -0.385. The van der Waals surface area contributed by atoms with Crippen LogP contribution in [0.15, 0.2) is 12.1 Å². The van der Waals surface area contributed by atoms with Crippen molar-refractivity contribution in [2.75, 3.05) is 19.5 Å². The molecule has 0 aliphatic rings. The normalized spacial score (nSPS) is 10.5. The number of aromatic nitrogens is 2. The Kier molecular flexibility index (Phi) is 5.22. The molecule has 1 heterocycles. The van der Waals surface area contributed by atoms with Gasteiger partial charge in [0, 0.05) is 19.7 Å². The fourth-order valence-corrected chi connectivity index (χ4v) is 2.49. The van der Waals surface area contributed by atoms with Crippen molar-refractivity contribution in [3.8, 4) is 11.6 Å². The van der Waals surface area contributed by atoms with E-state index in [2.05, 4.69) is 10.4 Å². The summed E-state index contributed by atoms with van der Waals surface area (Å²) >= 11 is 0. The Bertz CT molecular complexity index is 760. The van der Waals surface area contributed by atoms with Crippen LogP contribution in [-0.4, -0.2) is 28.9 Å². The van der Waals surface area contributed by atoms with Crippen molar-refractivity contribution in [2.45, 2.75) is 19.9 Å². The number of hydrogen-bond donors (Lipinski definition) is 1. The van der Waals surface area contributed by atoms with Gasteiger partial charge in [-0.05, 0) is 6.42 Å². The van der Waals surface area contributed by atoms with Crippen LogP contribution >= 0.6 is 0 Å². The van der Waals surface area contributed by atoms with Gasteiger partial charge in [0.1, 0.15) is 0 Å². The molecule has 0 amide bonds. The van der Waals surface area contributed by atoms with Gasteiger partial charge in [-0.25, -0.2) is 9.07 Å². The molecule has 2 aromatic rings. The van der Waals surface area contributed by atoms with E-state index in [1.54, 1.807) is 11.7 Å². The third-order valence-corrected chi connectivity index (χ3v) is 3.62. The van der Waals surface area contributed by atoms with Gasteiger partial charge in [-0.15, -0.1) is 0 Å². The van der Waals surface area contributed by atoms with Gasteiger partial charge < -0.3 is 14.8 Å². The molecule has 0 fully saturated rings. The molecule has 0 radical (unpaired) electrons. The van der Waals surface area contributed by atoms with E-state index in [0.717, 1.165) is 17.3 Å². The molecule has 2 rings (SSSR count). The van der Waals surface area contributed by atoms with Gasteiger partial charge in [0.15, 0.2) is 11.6 Å². The highest BCUT2D eigenvalue weighted by molar-refractivity contribution is 5.59. The number of nitrogens with one attached hydrogen (secondary N) is 1. The second-order valence-electron chi connectivity index (χ2n) is 5.03. The third-order valence-electron chi connectivity index (χ3n) is 3.62. The molecule has 0 spiro atoms. The van der Waals surface area contributed by atoms with Crippen molar-refractivity contribution in [3.05, 3.63) is 39.3 Å². The number of aryl methyl sites for hydroxylation is 2. The molecular formula is C15H19FN4O4. The Morgan fingerprint density at radius 2 is 2.08 bits per heavy atom. The van der Waals surface area contributed by atoms with Crippen molar-refractivity contribution < 1.29 is 18.8 Å². The van der Waals surface area contributed by atoms with E-state index in [4.69, 9.17) is 9.47 Å². The Balaban J connectivity index is 2.32. The van der Waals surface area contributed by atoms with Gasteiger partial charge in [0.2, 0.25) is 5.88 Å². The third kappa shape index (κ3) is 3.24. The smallest absolute Gasteiger partial charge is 0.313 e. The van der Waals surface area contributed by atoms with Crippen LogP contribution in [0.25, 0.3) is 0 Å². The molecular weight excluding hydrogens is 319 g/mol. The van der Waals surface area contributed by atoms with Crippen molar-refractivity contribution >= 4 is 11.4 Å². The van der Waals surface area contributed by atoms with E-state index in [-0.39, 0.29) is 18.0 Å². The Hall–Kier alpha value is -2.84. The summed E-state index contributed by atoms with van der Waals surface area (Å²) in [5.74, 6) is -0.171. The number of rotatable bonds is 7. The van der Waals surface area contributed by atoms with Gasteiger partial charge in [-0.2, -0.15) is 5.10 Å². The van der Waals surface area contributed by atoms with Crippen LogP contribution in [0.1, 0.15) is 18.2 Å². The Labute approximate surface area is 138 Å². The summed E-state index contributed by atoms with van der Waals surface area (Å²) in [6, 6.07) is 2.10. The molecule has 0 saturated carbocycles. The van der Waals surface area contributed by atoms with E-state index in [9.17, 15) is 14.5 Å². The molecule has 1 N–H and O–H groups in total. The van der Waals surface area contributed by atoms with Crippen LogP contribution in [0.2, 0.25) is 0 Å². The monoisotopic (exact) mass is 338 g/mol. The summed E-state index contributed by atoms with van der Waals surface area (Å²) < 4.78 is 26.0. The van der Waals surface area contributed by atoms with Crippen LogP contribution in [0.5, 0.6) is 11.6 Å². The van der Waals surface area contributed by atoms with Crippen molar-refractivity contribution in [1.29, 1.82) is 0 Å². The summed E-state index contributed by atoms with van der Waals surface area (Å²) in [5.41, 5.74) is 1.31. The number of benzene rings is 1. The highest BCUT2D eigenvalue weighted by Gasteiger charge is 2.20. The standard InChI is InChI=1S/C15H19FN4O4/c1-5-11-9(15(24-4)19(2)18-11)8-17-12-7-14(23-3)13(20(21)22)6-10(12)16/h6-7,17H,5,8H2,1-4H3. The molecule has 24 heavy (non-hydrogen) atoms. The second-order valence-corrected chi connectivity index (χ2v) is 5.03. The van der Waals surface area contributed by atoms with Crippen LogP contribution in [-0.2, 0) is 20.0 Å². The van der Waals surface area contributed by atoms with E-state index < -0.39 is 16.4 Å². The van der Waals surface area contributed by atoms with Gasteiger partial charge >= 0.3 is 5.69 Å². The zero-order chi connectivity index (χ0) is 17.9. The summed E-state index contributed by atoms with van der Waals surface area (Å²) in [4.78, 5) is 10.2. The molecule has 0 aliphatic heterocycles. The molecule has 0 aliphatic carbocycles. The van der Waals surface area contributed by atoms with Crippen LogP contribution in [0.4, 0.5) is 15.8 Å². The second kappa shape index (κ2) is 7.16. The maximum Gasteiger partial charge on any atom is 0.313 e.